The predicted octanol–water partition coefficient (Wildman–Crippen LogP) is 4.49. The topological polar surface area (TPSA) is 0 Å². The number of hydrogen-bond donors (Lipinski definition) is 0. The minimum Gasteiger partial charge on any atom is -0.103 e. The molecule has 83 valence electrons. The molecule has 0 aliphatic heterocycles. The molecule has 0 fully saturated rings. The van der Waals surface area contributed by atoms with Crippen molar-refractivity contribution in [1.29, 1.82) is 0 Å². The van der Waals surface area contributed by atoms with E-state index in [1.807, 2.05) is 18.2 Å². The molecule has 0 amide bonds. The Morgan fingerprint density at radius 2 is 1.56 bits per heavy atom. The third-order valence-corrected chi connectivity index (χ3v) is 2.54. The first kappa shape index (κ1) is 12.5. The SMILES string of the molecule is C=CC[C](CC=C)c1ccccc1CC=C. The van der Waals surface area contributed by atoms with Gasteiger partial charge >= 0.3 is 0 Å². The van der Waals surface area contributed by atoms with Crippen LogP contribution in [0.5, 0.6) is 0 Å². The van der Waals surface area contributed by atoms with E-state index in [0.29, 0.717) is 0 Å². The molecule has 1 aromatic carbocycles. The van der Waals surface area contributed by atoms with Crippen LogP contribution in [0.1, 0.15) is 24.0 Å². The smallest absolute Gasteiger partial charge is 0.0127 e. The normalized spacial score (nSPS) is 10.1. The van der Waals surface area contributed by atoms with Gasteiger partial charge in [-0.2, -0.15) is 0 Å². The summed E-state index contributed by atoms with van der Waals surface area (Å²) in [6.45, 7) is 11.4. The lowest BCUT2D eigenvalue weighted by molar-refractivity contribution is 0.935. The molecule has 0 nitrogen and oxygen atoms in total. The molecule has 0 aliphatic carbocycles. The molecule has 0 saturated carbocycles. The fourth-order valence-corrected chi connectivity index (χ4v) is 1.85. The standard InChI is InChI=1S/C16H19/c1-4-9-14(10-5-2)16-13-8-7-12-15(16)11-6-3/h4-8,12-13H,1-3,9-11H2. The second-order valence-corrected chi connectivity index (χ2v) is 3.74. The maximum Gasteiger partial charge on any atom is 0.0127 e. The van der Waals surface area contributed by atoms with Gasteiger partial charge in [0.05, 0.1) is 0 Å². The van der Waals surface area contributed by atoms with Crippen LogP contribution in [-0.4, -0.2) is 0 Å². The highest BCUT2D eigenvalue weighted by Crippen LogP contribution is 2.26. The van der Waals surface area contributed by atoms with E-state index >= 15 is 0 Å². The van der Waals surface area contributed by atoms with E-state index in [1.54, 1.807) is 0 Å². The van der Waals surface area contributed by atoms with Crippen molar-refractivity contribution in [2.75, 3.05) is 0 Å². The molecule has 1 aromatic rings. The average molecular weight is 211 g/mol. The van der Waals surface area contributed by atoms with E-state index in [0.717, 1.165) is 19.3 Å². The first-order chi connectivity index (χ1) is 7.83. The van der Waals surface area contributed by atoms with E-state index < -0.39 is 0 Å². The van der Waals surface area contributed by atoms with Crippen molar-refractivity contribution < 1.29 is 0 Å². The van der Waals surface area contributed by atoms with E-state index in [2.05, 4.69) is 44.0 Å². The zero-order valence-electron chi connectivity index (χ0n) is 9.78. The Morgan fingerprint density at radius 3 is 2.12 bits per heavy atom. The Labute approximate surface area is 99.0 Å². The maximum absolute atomic E-state index is 3.81. The summed E-state index contributed by atoms with van der Waals surface area (Å²) in [5, 5.41) is 0. The Bertz CT molecular complexity index is 350. The summed E-state index contributed by atoms with van der Waals surface area (Å²) >= 11 is 0. The molecule has 0 heteroatoms. The van der Waals surface area contributed by atoms with Gasteiger partial charge in [-0.15, -0.1) is 19.7 Å². The molecule has 0 atom stereocenters. The molecule has 0 spiro atoms. The first-order valence-corrected chi connectivity index (χ1v) is 5.59. The van der Waals surface area contributed by atoms with Crippen LogP contribution in [0.4, 0.5) is 0 Å². The fourth-order valence-electron chi connectivity index (χ4n) is 1.85. The quantitative estimate of drug-likeness (QED) is 0.583. The highest BCUT2D eigenvalue weighted by Gasteiger charge is 2.12. The minimum atomic E-state index is 0.911. The van der Waals surface area contributed by atoms with Crippen LogP contribution < -0.4 is 0 Å². The highest BCUT2D eigenvalue weighted by atomic mass is 14.2. The van der Waals surface area contributed by atoms with Crippen LogP contribution >= 0.6 is 0 Å². The molecular weight excluding hydrogens is 192 g/mol. The van der Waals surface area contributed by atoms with Crippen molar-refractivity contribution in [2.24, 2.45) is 0 Å². The Hall–Kier alpha value is -1.56. The first-order valence-electron chi connectivity index (χ1n) is 5.59. The van der Waals surface area contributed by atoms with Crippen LogP contribution in [0.2, 0.25) is 0 Å². The third kappa shape index (κ3) is 3.23. The van der Waals surface area contributed by atoms with Gasteiger partial charge in [0.15, 0.2) is 0 Å². The summed E-state index contributed by atoms with van der Waals surface area (Å²) in [4.78, 5) is 0. The van der Waals surface area contributed by atoms with E-state index in [1.165, 1.54) is 17.0 Å². The molecule has 0 unspecified atom stereocenters. The summed E-state index contributed by atoms with van der Waals surface area (Å²) in [5.74, 6) is 1.38. The predicted molar refractivity (Wildman–Crippen MR) is 72.3 cm³/mol. The molecule has 1 radical (unpaired) electrons. The van der Waals surface area contributed by atoms with E-state index in [9.17, 15) is 0 Å². The summed E-state index contributed by atoms with van der Waals surface area (Å²) in [6, 6.07) is 8.47. The molecule has 0 N–H and O–H groups in total. The van der Waals surface area contributed by atoms with Crippen molar-refractivity contribution in [2.45, 2.75) is 19.3 Å². The Balaban J connectivity index is 3.00. The van der Waals surface area contributed by atoms with Gasteiger partial charge in [0, 0.05) is 5.92 Å². The zero-order valence-corrected chi connectivity index (χ0v) is 9.78. The molecule has 1 rings (SSSR count). The molecule has 0 heterocycles. The monoisotopic (exact) mass is 211 g/mol. The van der Waals surface area contributed by atoms with Gasteiger partial charge in [0.1, 0.15) is 0 Å². The maximum atomic E-state index is 3.81. The third-order valence-electron chi connectivity index (χ3n) is 2.54. The number of hydrogen-bond acceptors (Lipinski definition) is 0. The van der Waals surface area contributed by atoms with Gasteiger partial charge in [-0.25, -0.2) is 0 Å². The van der Waals surface area contributed by atoms with Gasteiger partial charge in [0.25, 0.3) is 0 Å². The van der Waals surface area contributed by atoms with Crippen molar-refractivity contribution in [1.82, 2.24) is 0 Å². The Morgan fingerprint density at radius 1 is 0.938 bits per heavy atom. The second kappa shape index (κ2) is 6.84. The molecule has 0 saturated heterocycles. The van der Waals surface area contributed by atoms with Crippen LogP contribution in [-0.2, 0) is 6.42 Å². The second-order valence-electron chi connectivity index (χ2n) is 3.74. The molecule has 0 aliphatic rings. The fraction of sp³-hybridized carbons (Fsp3) is 0.188. The number of rotatable bonds is 7. The summed E-state index contributed by atoms with van der Waals surface area (Å²) in [5.41, 5.74) is 2.65. The lowest BCUT2D eigenvalue weighted by Crippen LogP contribution is -2.02. The average Bonchev–Trinajstić information content (AvgIpc) is 2.30. The van der Waals surface area contributed by atoms with Gasteiger partial charge < -0.3 is 0 Å². The largest absolute Gasteiger partial charge is 0.103 e. The summed E-state index contributed by atoms with van der Waals surface area (Å²) < 4.78 is 0. The van der Waals surface area contributed by atoms with Crippen molar-refractivity contribution in [3.05, 3.63) is 79.3 Å². The van der Waals surface area contributed by atoms with E-state index in [4.69, 9.17) is 0 Å². The molecular formula is C16H19. The lowest BCUT2D eigenvalue weighted by atomic mass is 9.88. The minimum absolute atomic E-state index is 0.911. The van der Waals surface area contributed by atoms with Crippen LogP contribution in [0.3, 0.4) is 0 Å². The molecule has 0 aromatic heterocycles. The van der Waals surface area contributed by atoms with E-state index in [-0.39, 0.29) is 0 Å². The van der Waals surface area contributed by atoms with Crippen molar-refractivity contribution in [3.63, 3.8) is 0 Å². The number of benzene rings is 1. The molecule has 16 heavy (non-hydrogen) atoms. The van der Waals surface area contributed by atoms with Gasteiger partial charge in [-0.1, -0.05) is 42.5 Å². The summed E-state index contributed by atoms with van der Waals surface area (Å²) in [6.07, 6.45) is 8.58. The zero-order chi connectivity index (χ0) is 11.8. The number of allylic oxidation sites excluding steroid dienone is 3. The van der Waals surface area contributed by atoms with Gasteiger partial charge in [-0.05, 0) is 30.4 Å². The molecule has 0 bridgehead atoms. The van der Waals surface area contributed by atoms with Gasteiger partial charge in [-0.3, -0.25) is 0 Å². The lowest BCUT2D eigenvalue weighted by Gasteiger charge is -2.16. The summed E-state index contributed by atoms with van der Waals surface area (Å²) in [7, 11) is 0. The van der Waals surface area contributed by atoms with Gasteiger partial charge in [0.2, 0.25) is 0 Å². The highest BCUT2D eigenvalue weighted by molar-refractivity contribution is 5.40. The van der Waals surface area contributed by atoms with Crippen molar-refractivity contribution >= 4 is 0 Å². The Kier molecular flexibility index (Phi) is 5.35. The van der Waals surface area contributed by atoms with Crippen LogP contribution in [0.25, 0.3) is 0 Å². The van der Waals surface area contributed by atoms with Crippen molar-refractivity contribution in [3.8, 4) is 0 Å². The van der Waals surface area contributed by atoms with Crippen LogP contribution in [0.15, 0.2) is 62.2 Å². The van der Waals surface area contributed by atoms with Crippen LogP contribution in [0, 0.1) is 5.92 Å².